The lowest BCUT2D eigenvalue weighted by atomic mass is 9.97. The van der Waals surface area contributed by atoms with Crippen LogP contribution in [0.4, 0.5) is 0 Å². The zero-order chi connectivity index (χ0) is 8.97. The lowest BCUT2D eigenvalue weighted by Crippen LogP contribution is -2.32. The van der Waals surface area contributed by atoms with Crippen molar-refractivity contribution >= 4 is 5.91 Å². The summed E-state index contributed by atoms with van der Waals surface area (Å²) in [6.07, 6.45) is 3.12. The van der Waals surface area contributed by atoms with Crippen molar-refractivity contribution in [1.29, 1.82) is 0 Å². The molecule has 2 N–H and O–H groups in total. The van der Waals surface area contributed by atoms with Crippen LogP contribution in [-0.4, -0.2) is 25.5 Å². The van der Waals surface area contributed by atoms with E-state index in [0.29, 0.717) is 18.4 Å². The van der Waals surface area contributed by atoms with Crippen molar-refractivity contribution in [2.75, 3.05) is 13.6 Å². The summed E-state index contributed by atoms with van der Waals surface area (Å²) in [6, 6.07) is 0.558. The number of nitrogens with one attached hydrogen (secondary N) is 2. The highest BCUT2D eigenvalue weighted by Crippen LogP contribution is 2.17. The highest BCUT2D eigenvalue weighted by molar-refractivity contribution is 5.75. The van der Waals surface area contributed by atoms with Gasteiger partial charge in [-0.25, -0.2) is 0 Å². The molecule has 1 heterocycles. The molecule has 3 heteroatoms. The SMILES string of the molecule is CNC(=O)C[C@@H](C)[C@@H]1CCCN1. The number of carbonyl (C=O) groups is 1. The molecule has 0 unspecified atom stereocenters. The van der Waals surface area contributed by atoms with E-state index >= 15 is 0 Å². The van der Waals surface area contributed by atoms with E-state index in [9.17, 15) is 4.79 Å². The van der Waals surface area contributed by atoms with Gasteiger partial charge in [0.2, 0.25) is 5.91 Å². The lowest BCUT2D eigenvalue weighted by Gasteiger charge is -2.18. The molecule has 2 atom stereocenters. The fourth-order valence-corrected chi connectivity index (χ4v) is 1.73. The summed E-state index contributed by atoms with van der Waals surface area (Å²) in [5.74, 6) is 0.614. The van der Waals surface area contributed by atoms with Crippen molar-refractivity contribution in [1.82, 2.24) is 10.6 Å². The van der Waals surface area contributed by atoms with Crippen LogP contribution in [0.1, 0.15) is 26.2 Å². The Morgan fingerprint density at radius 3 is 3.00 bits per heavy atom. The monoisotopic (exact) mass is 170 g/mol. The summed E-state index contributed by atoms with van der Waals surface area (Å²) < 4.78 is 0. The molecule has 1 rings (SSSR count). The third-order valence-electron chi connectivity index (χ3n) is 2.57. The topological polar surface area (TPSA) is 41.1 Å². The van der Waals surface area contributed by atoms with Gasteiger partial charge in [-0.05, 0) is 25.3 Å². The summed E-state index contributed by atoms with van der Waals surface area (Å²) in [5, 5.41) is 6.06. The van der Waals surface area contributed by atoms with Crippen molar-refractivity contribution in [2.24, 2.45) is 5.92 Å². The van der Waals surface area contributed by atoms with Gasteiger partial charge in [0, 0.05) is 19.5 Å². The third-order valence-corrected chi connectivity index (χ3v) is 2.57. The fraction of sp³-hybridized carbons (Fsp3) is 0.889. The molecule has 0 aromatic heterocycles. The highest BCUT2D eigenvalue weighted by atomic mass is 16.1. The molecule has 0 saturated carbocycles. The van der Waals surface area contributed by atoms with Gasteiger partial charge in [-0.1, -0.05) is 6.92 Å². The second kappa shape index (κ2) is 4.45. The predicted octanol–water partition coefficient (Wildman–Crippen LogP) is 0.511. The van der Waals surface area contributed by atoms with Crippen LogP contribution in [-0.2, 0) is 4.79 Å². The molecule has 3 nitrogen and oxygen atoms in total. The summed E-state index contributed by atoms with van der Waals surface area (Å²) in [5.41, 5.74) is 0. The average molecular weight is 170 g/mol. The fourth-order valence-electron chi connectivity index (χ4n) is 1.73. The Labute approximate surface area is 73.9 Å². The number of amides is 1. The maximum atomic E-state index is 11.0. The Kier molecular flexibility index (Phi) is 3.53. The first-order valence-electron chi connectivity index (χ1n) is 4.68. The van der Waals surface area contributed by atoms with Gasteiger partial charge in [-0.3, -0.25) is 4.79 Å². The summed E-state index contributed by atoms with van der Waals surface area (Å²) in [4.78, 5) is 11.0. The molecule has 1 aliphatic heterocycles. The van der Waals surface area contributed by atoms with Crippen LogP contribution in [0.3, 0.4) is 0 Å². The minimum Gasteiger partial charge on any atom is -0.359 e. The lowest BCUT2D eigenvalue weighted by molar-refractivity contribution is -0.121. The van der Waals surface area contributed by atoms with E-state index in [1.54, 1.807) is 7.05 Å². The Morgan fingerprint density at radius 2 is 2.50 bits per heavy atom. The van der Waals surface area contributed by atoms with Crippen molar-refractivity contribution in [3.05, 3.63) is 0 Å². The van der Waals surface area contributed by atoms with Gasteiger partial charge in [-0.2, -0.15) is 0 Å². The second-order valence-corrected chi connectivity index (χ2v) is 3.56. The Balaban J connectivity index is 2.26. The quantitative estimate of drug-likeness (QED) is 0.648. The maximum Gasteiger partial charge on any atom is 0.220 e. The molecule has 0 aliphatic carbocycles. The normalized spacial score (nSPS) is 25.3. The van der Waals surface area contributed by atoms with Crippen LogP contribution in [0.5, 0.6) is 0 Å². The first-order chi connectivity index (χ1) is 5.74. The van der Waals surface area contributed by atoms with Crippen molar-refractivity contribution in [3.63, 3.8) is 0 Å². The Morgan fingerprint density at radius 1 is 1.75 bits per heavy atom. The van der Waals surface area contributed by atoms with Gasteiger partial charge in [0.25, 0.3) is 0 Å². The largest absolute Gasteiger partial charge is 0.359 e. The molecular formula is C9H18N2O. The van der Waals surface area contributed by atoms with E-state index in [2.05, 4.69) is 17.6 Å². The molecule has 0 bridgehead atoms. The number of hydrogen-bond donors (Lipinski definition) is 2. The second-order valence-electron chi connectivity index (χ2n) is 3.56. The number of rotatable bonds is 3. The van der Waals surface area contributed by atoms with Crippen LogP contribution >= 0.6 is 0 Å². The van der Waals surface area contributed by atoms with Crippen molar-refractivity contribution in [3.8, 4) is 0 Å². The predicted molar refractivity (Wildman–Crippen MR) is 48.9 cm³/mol. The summed E-state index contributed by atoms with van der Waals surface area (Å²) in [6.45, 7) is 3.25. The Hall–Kier alpha value is -0.570. The molecule has 0 aromatic carbocycles. The molecule has 1 amide bonds. The standard InChI is InChI=1S/C9H18N2O/c1-7(6-9(12)10-2)8-4-3-5-11-8/h7-8,11H,3-6H2,1-2H3,(H,10,12)/t7-,8+/m1/s1. The smallest absolute Gasteiger partial charge is 0.220 e. The van der Waals surface area contributed by atoms with E-state index in [1.165, 1.54) is 12.8 Å². The third kappa shape index (κ3) is 2.48. The van der Waals surface area contributed by atoms with Crippen molar-refractivity contribution in [2.45, 2.75) is 32.2 Å². The van der Waals surface area contributed by atoms with Crippen LogP contribution in [0, 0.1) is 5.92 Å². The molecule has 12 heavy (non-hydrogen) atoms. The van der Waals surface area contributed by atoms with Gasteiger partial charge in [0.15, 0.2) is 0 Å². The van der Waals surface area contributed by atoms with Gasteiger partial charge in [-0.15, -0.1) is 0 Å². The minimum absolute atomic E-state index is 0.149. The molecule has 1 aliphatic rings. The zero-order valence-electron chi connectivity index (χ0n) is 7.89. The summed E-state index contributed by atoms with van der Waals surface area (Å²) in [7, 11) is 1.69. The average Bonchev–Trinajstić information content (AvgIpc) is 2.56. The molecule has 70 valence electrons. The van der Waals surface area contributed by atoms with Crippen LogP contribution < -0.4 is 10.6 Å². The Bertz CT molecular complexity index is 153. The maximum absolute atomic E-state index is 11.0. The molecule has 1 fully saturated rings. The van der Waals surface area contributed by atoms with E-state index in [-0.39, 0.29) is 5.91 Å². The molecular weight excluding hydrogens is 152 g/mol. The van der Waals surface area contributed by atoms with E-state index in [0.717, 1.165) is 6.54 Å². The van der Waals surface area contributed by atoms with Crippen LogP contribution in [0.25, 0.3) is 0 Å². The highest BCUT2D eigenvalue weighted by Gasteiger charge is 2.22. The molecule has 0 radical (unpaired) electrons. The van der Waals surface area contributed by atoms with Gasteiger partial charge in [0.05, 0.1) is 0 Å². The summed E-state index contributed by atoms with van der Waals surface area (Å²) >= 11 is 0. The van der Waals surface area contributed by atoms with E-state index in [1.807, 2.05) is 0 Å². The van der Waals surface area contributed by atoms with Crippen LogP contribution in [0.2, 0.25) is 0 Å². The first-order valence-corrected chi connectivity index (χ1v) is 4.68. The zero-order valence-corrected chi connectivity index (χ0v) is 7.89. The number of carbonyl (C=O) groups excluding carboxylic acids is 1. The van der Waals surface area contributed by atoms with Gasteiger partial charge < -0.3 is 10.6 Å². The van der Waals surface area contributed by atoms with Gasteiger partial charge >= 0.3 is 0 Å². The van der Waals surface area contributed by atoms with Crippen molar-refractivity contribution < 1.29 is 4.79 Å². The molecule has 0 spiro atoms. The molecule has 1 saturated heterocycles. The first kappa shape index (κ1) is 9.52. The van der Waals surface area contributed by atoms with E-state index in [4.69, 9.17) is 0 Å². The molecule has 0 aromatic rings. The van der Waals surface area contributed by atoms with E-state index < -0.39 is 0 Å². The van der Waals surface area contributed by atoms with Crippen LogP contribution in [0.15, 0.2) is 0 Å². The minimum atomic E-state index is 0.149. The van der Waals surface area contributed by atoms with Gasteiger partial charge in [0.1, 0.15) is 0 Å². The number of hydrogen-bond acceptors (Lipinski definition) is 2.